The van der Waals surface area contributed by atoms with Crippen molar-refractivity contribution < 1.29 is 9.53 Å². The van der Waals surface area contributed by atoms with Gasteiger partial charge in [0.1, 0.15) is 6.61 Å². The molecule has 0 bridgehead atoms. The van der Waals surface area contributed by atoms with Gasteiger partial charge in [-0.05, 0) is 57.0 Å². The summed E-state index contributed by atoms with van der Waals surface area (Å²) in [5.41, 5.74) is 5.61. The van der Waals surface area contributed by atoms with Gasteiger partial charge >= 0.3 is 0 Å². The van der Waals surface area contributed by atoms with Gasteiger partial charge in [0.15, 0.2) is 5.69 Å². The van der Waals surface area contributed by atoms with Gasteiger partial charge in [-0.1, -0.05) is 41.5 Å². The smallest absolute Gasteiger partial charge is 0.286 e. The van der Waals surface area contributed by atoms with Crippen molar-refractivity contribution in [3.05, 3.63) is 56.5 Å². The summed E-state index contributed by atoms with van der Waals surface area (Å²) in [7, 11) is 0. The first kappa shape index (κ1) is 27.5. The number of thiophene rings is 1. The first-order valence-electron chi connectivity index (χ1n) is 11.3. The fourth-order valence-electron chi connectivity index (χ4n) is 3.84. The van der Waals surface area contributed by atoms with E-state index in [9.17, 15) is 4.79 Å². The Kier molecular flexibility index (Phi) is 10.0. The van der Waals surface area contributed by atoms with Crippen LogP contribution in [0.15, 0.2) is 30.3 Å². The molecular weight excluding hydrogens is 527 g/mol. The largest absolute Gasteiger partial charge is 0.369 e. The summed E-state index contributed by atoms with van der Waals surface area (Å²) < 4.78 is 7.03. The maximum Gasteiger partial charge on any atom is 0.286 e. The number of carbonyl (C=O) groups is 1. The normalized spacial score (nSPS) is 13.6. The van der Waals surface area contributed by atoms with Crippen molar-refractivity contribution in [2.75, 3.05) is 26.3 Å². The fourth-order valence-corrected chi connectivity index (χ4v) is 5.30. The van der Waals surface area contributed by atoms with Crippen LogP contribution in [-0.4, -0.2) is 47.0 Å². The summed E-state index contributed by atoms with van der Waals surface area (Å²) in [6.45, 7) is 6.56. The number of rotatable bonds is 6. The molecule has 0 spiro atoms. The molecule has 0 saturated carbocycles. The van der Waals surface area contributed by atoms with Gasteiger partial charge in [-0.25, -0.2) is 9.69 Å². The van der Waals surface area contributed by atoms with Crippen LogP contribution < -0.4 is 5.43 Å². The van der Waals surface area contributed by atoms with Gasteiger partial charge in [-0.2, -0.15) is 5.10 Å². The molecule has 1 amide bonds. The average molecular weight is 554 g/mol. The molecule has 0 radical (unpaired) electrons. The number of nitrogens with one attached hydrogen (secondary N) is 1. The molecule has 35 heavy (non-hydrogen) atoms. The zero-order valence-electron chi connectivity index (χ0n) is 19.6. The zero-order valence-corrected chi connectivity index (χ0v) is 22.7. The van der Waals surface area contributed by atoms with Gasteiger partial charge < -0.3 is 4.74 Å². The number of hydrogen-bond acceptors (Lipinski definition) is 5. The third-order valence-electron chi connectivity index (χ3n) is 5.52. The van der Waals surface area contributed by atoms with Crippen molar-refractivity contribution in [2.24, 2.45) is 0 Å². The van der Waals surface area contributed by atoms with Crippen LogP contribution in [0.1, 0.15) is 47.1 Å². The Bertz CT molecular complexity index is 1240. The van der Waals surface area contributed by atoms with Crippen LogP contribution >= 0.6 is 46.9 Å². The molecule has 1 aliphatic heterocycles. The van der Waals surface area contributed by atoms with Crippen molar-refractivity contribution in [3.63, 3.8) is 0 Å². The number of hydrazine groups is 1. The zero-order chi connectivity index (χ0) is 24.1. The van der Waals surface area contributed by atoms with E-state index in [2.05, 4.69) is 17.3 Å². The van der Waals surface area contributed by atoms with E-state index < -0.39 is 0 Å². The van der Waals surface area contributed by atoms with Gasteiger partial charge in [0, 0.05) is 30.3 Å². The highest BCUT2D eigenvalue weighted by atomic mass is 35.5. The van der Waals surface area contributed by atoms with Crippen LogP contribution in [0.25, 0.3) is 16.3 Å². The summed E-state index contributed by atoms with van der Waals surface area (Å²) in [6, 6.07) is 9.20. The molecule has 4 rings (SSSR count). The van der Waals surface area contributed by atoms with E-state index in [0.29, 0.717) is 34.6 Å². The number of hydrogen-bond donors (Lipinski definition) is 1. The molecule has 0 atom stereocenters. The van der Waals surface area contributed by atoms with E-state index >= 15 is 0 Å². The molecule has 186 valence electrons. The first-order valence-corrected chi connectivity index (χ1v) is 12.8. The molecule has 1 aromatic carbocycles. The quantitative estimate of drug-likeness (QED) is 0.294. The minimum absolute atomic E-state index is 0. The van der Waals surface area contributed by atoms with E-state index in [-0.39, 0.29) is 18.3 Å². The van der Waals surface area contributed by atoms with Gasteiger partial charge in [0.05, 0.1) is 26.2 Å². The molecule has 1 aliphatic rings. The Balaban J connectivity index is 0.00000342. The molecule has 1 saturated heterocycles. The SMILES string of the molecule is CCOCC#Cc1ccc(-c2c(C)c(C(=O)NN3CCCCC3)nn2-c2ccc(Cl)cc2Cl)s1.Cl. The number of halogens is 3. The monoisotopic (exact) mass is 552 g/mol. The maximum atomic E-state index is 13.2. The summed E-state index contributed by atoms with van der Waals surface area (Å²) in [4.78, 5) is 15.0. The molecular formula is C25H27Cl3N4O2S. The van der Waals surface area contributed by atoms with E-state index in [4.69, 9.17) is 33.0 Å². The Morgan fingerprint density at radius 2 is 1.97 bits per heavy atom. The second-order valence-electron chi connectivity index (χ2n) is 7.92. The van der Waals surface area contributed by atoms with Crippen molar-refractivity contribution >= 4 is 52.9 Å². The summed E-state index contributed by atoms with van der Waals surface area (Å²) >= 11 is 14.2. The molecule has 1 N–H and O–H groups in total. The van der Waals surface area contributed by atoms with Gasteiger partial charge in [0.25, 0.3) is 5.91 Å². The van der Waals surface area contributed by atoms with Gasteiger partial charge in [-0.15, -0.1) is 23.7 Å². The average Bonchev–Trinajstić information content (AvgIpc) is 3.41. The first-order chi connectivity index (χ1) is 16.5. The minimum Gasteiger partial charge on any atom is -0.369 e. The molecule has 3 heterocycles. The third kappa shape index (κ3) is 6.59. The molecule has 1 fully saturated rings. The number of aromatic nitrogens is 2. The molecule has 2 aromatic heterocycles. The van der Waals surface area contributed by atoms with E-state index in [0.717, 1.165) is 46.9 Å². The van der Waals surface area contributed by atoms with Crippen molar-refractivity contribution in [3.8, 4) is 28.1 Å². The lowest BCUT2D eigenvalue weighted by Gasteiger charge is -2.26. The van der Waals surface area contributed by atoms with Crippen LogP contribution in [0.2, 0.25) is 10.0 Å². The lowest BCUT2D eigenvalue weighted by atomic mass is 10.1. The molecule has 6 nitrogen and oxygen atoms in total. The van der Waals surface area contributed by atoms with Gasteiger partial charge in [-0.3, -0.25) is 10.2 Å². The standard InChI is InChI=1S/C25H26Cl2N4O2S.ClH/c1-3-33-15-7-8-19-10-12-22(34-19)24-17(2)23(25(32)29-30-13-5-4-6-14-30)28-31(24)21-11-9-18(26)16-20(21)27;/h9-12,16H,3-6,13-15H2,1-2H3,(H,29,32);1H. The summed E-state index contributed by atoms with van der Waals surface area (Å²) in [5, 5.41) is 7.66. The van der Waals surface area contributed by atoms with Crippen LogP contribution in [0.3, 0.4) is 0 Å². The molecule has 3 aromatic rings. The van der Waals surface area contributed by atoms with Crippen LogP contribution in [-0.2, 0) is 4.74 Å². The van der Waals surface area contributed by atoms with Crippen molar-refractivity contribution in [2.45, 2.75) is 33.1 Å². The van der Waals surface area contributed by atoms with E-state index in [1.165, 1.54) is 17.8 Å². The Morgan fingerprint density at radius 3 is 2.69 bits per heavy atom. The number of amides is 1. The summed E-state index contributed by atoms with van der Waals surface area (Å²) in [6.07, 6.45) is 3.33. The summed E-state index contributed by atoms with van der Waals surface area (Å²) in [5.74, 6) is 5.93. The third-order valence-corrected chi connectivity index (χ3v) is 7.07. The molecule has 10 heteroatoms. The molecule has 0 aliphatic carbocycles. The number of nitrogens with zero attached hydrogens (tertiary/aromatic N) is 3. The van der Waals surface area contributed by atoms with E-state index in [1.807, 2.05) is 37.1 Å². The minimum atomic E-state index is -0.224. The van der Waals surface area contributed by atoms with Crippen LogP contribution in [0, 0.1) is 18.8 Å². The number of benzene rings is 1. The number of ether oxygens (including phenoxy) is 1. The van der Waals surface area contributed by atoms with Crippen molar-refractivity contribution in [1.29, 1.82) is 0 Å². The van der Waals surface area contributed by atoms with Crippen molar-refractivity contribution in [1.82, 2.24) is 20.2 Å². The second kappa shape index (κ2) is 12.8. The highest BCUT2D eigenvalue weighted by molar-refractivity contribution is 7.16. The Labute approximate surface area is 225 Å². The lowest BCUT2D eigenvalue weighted by molar-refractivity contribution is 0.0743. The molecule has 0 unspecified atom stereocenters. The predicted molar refractivity (Wildman–Crippen MR) is 145 cm³/mol. The second-order valence-corrected chi connectivity index (χ2v) is 9.85. The maximum absolute atomic E-state index is 13.2. The Morgan fingerprint density at radius 1 is 1.20 bits per heavy atom. The van der Waals surface area contributed by atoms with Gasteiger partial charge in [0.2, 0.25) is 0 Å². The number of carbonyl (C=O) groups excluding carboxylic acids is 1. The topological polar surface area (TPSA) is 59.4 Å². The van der Waals surface area contributed by atoms with Crippen LogP contribution in [0.4, 0.5) is 0 Å². The highest BCUT2D eigenvalue weighted by Gasteiger charge is 2.25. The highest BCUT2D eigenvalue weighted by Crippen LogP contribution is 2.36. The fraction of sp³-hybridized carbons (Fsp3) is 0.360. The lowest BCUT2D eigenvalue weighted by Crippen LogP contribution is -2.45. The predicted octanol–water partition coefficient (Wildman–Crippen LogP) is 6.16. The van der Waals surface area contributed by atoms with E-state index in [1.54, 1.807) is 16.8 Å². The van der Waals surface area contributed by atoms with Crippen LogP contribution in [0.5, 0.6) is 0 Å². The Hall–Kier alpha value is -2.05. The number of piperidine rings is 1.